The fourth-order valence-corrected chi connectivity index (χ4v) is 1.76. The van der Waals surface area contributed by atoms with Crippen LogP contribution in [-0.2, 0) is 6.42 Å². The van der Waals surface area contributed by atoms with Gasteiger partial charge in [0.1, 0.15) is 6.10 Å². The zero-order chi connectivity index (χ0) is 11.4. The second-order valence-electron chi connectivity index (χ2n) is 3.91. The lowest BCUT2D eigenvalue weighted by molar-refractivity contribution is 0.220. The first kappa shape index (κ1) is 10.9. The Labute approximate surface area is 96.4 Å². The molecule has 0 spiro atoms. The van der Waals surface area contributed by atoms with Crippen molar-refractivity contribution in [3.63, 3.8) is 0 Å². The van der Waals surface area contributed by atoms with Gasteiger partial charge in [-0.25, -0.2) is 0 Å². The van der Waals surface area contributed by atoms with Crippen LogP contribution < -0.4 is 0 Å². The molecule has 0 saturated carbocycles. The summed E-state index contributed by atoms with van der Waals surface area (Å²) in [5.41, 5.74) is 3.18. The lowest BCUT2D eigenvalue weighted by Gasteiger charge is -2.11. The molecule has 0 fully saturated rings. The van der Waals surface area contributed by atoms with E-state index in [1.165, 1.54) is 5.56 Å². The molecular weight excluding hydrogens is 196 g/mol. The van der Waals surface area contributed by atoms with Crippen LogP contribution in [0.2, 0.25) is 0 Å². The molecule has 1 nitrogen and oxygen atoms in total. The van der Waals surface area contributed by atoms with Crippen LogP contribution in [0.3, 0.4) is 0 Å². The number of aliphatic hydroxyl groups excluding tert-OH is 1. The molecule has 0 aliphatic rings. The SMILES string of the molecule is CCc1ccc([C@H](O)c2ccccc2)cc1. The van der Waals surface area contributed by atoms with E-state index in [1.807, 2.05) is 42.5 Å². The van der Waals surface area contributed by atoms with Gasteiger partial charge in [0.15, 0.2) is 0 Å². The molecule has 1 heteroatoms. The minimum absolute atomic E-state index is 0.521. The minimum atomic E-state index is -0.521. The summed E-state index contributed by atoms with van der Waals surface area (Å²) >= 11 is 0. The minimum Gasteiger partial charge on any atom is -0.384 e. The first-order valence-corrected chi connectivity index (χ1v) is 5.63. The van der Waals surface area contributed by atoms with Crippen molar-refractivity contribution >= 4 is 0 Å². The third kappa shape index (κ3) is 2.31. The van der Waals surface area contributed by atoms with Crippen LogP contribution in [0.15, 0.2) is 54.6 Å². The number of hydrogen-bond donors (Lipinski definition) is 1. The molecule has 2 aromatic rings. The molecule has 0 unspecified atom stereocenters. The molecule has 82 valence electrons. The highest BCUT2D eigenvalue weighted by Gasteiger charge is 2.08. The van der Waals surface area contributed by atoms with Crippen LogP contribution in [-0.4, -0.2) is 5.11 Å². The quantitative estimate of drug-likeness (QED) is 0.827. The number of rotatable bonds is 3. The van der Waals surface area contributed by atoms with Gasteiger partial charge in [-0.3, -0.25) is 0 Å². The summed E-state index contributed by atoms with van der Waals surface area (Å²) in [6.07, 6.45) is 0.508. The standard InChI is InChI=1S/C15H16O/c1-2-12-8-10-14(11-9-12)15(16)13-6-4-3-5-7-13/h3-11,15-16H,2H2,1H3/t15-/m1/s1. The van der Waals surface area contributed by atoms with Crippen LogP contribution in [0.25, 0.3) is 0 Å². The monoisotopic (exact) mass is 212 g/mol. The maximum atomic E-state index is 10.2. The van der Waals surface area contributed by atoms with Crippen LogP contribution >= 0.6 is 0 Å². The van der Waals surface area contributed by atoms with Gasteiger partial charge in [-0.05, 0) is 23.1 Å². The van der Waals surface area contributed by atoms with Crippen molar-refractivity contribution < 1.29 is 5.11 Å². The largest absolute Gasteiger partial charge is 0.384 e. The van der Waals surface area contributed by atoms with Gasteiger partial charge < -0.3 is 5.11 Å². The molecule has 16 heavy (non-hydrogen) atoms. The van der Waals surface area contributed by atoms with E-state index in [1.54, 1.807) is 0 Å². The molecule has 0 aliphatic heterocycles. The number of benzene rings is 2. The lowest BCUT2D eigenvalue weighted by Crippen LogP contribution is -1.99. The second-order valence-corrected chi connectivity index (χ2v) is 3.91. The van der Waals surface area contributed by atoms with Gasteiger partial charge in [-0.1, -0.05) is 61.5 Å². The van der Waals surface area contributed by atoms with Gasteiger partial charge in [0.05, 0.1) is 0 Å². The third-order valence-electron chi connectivity index (χ3n) is 2.82. The molecule has 1 N–H and O–H groups in total. The summed E-state index contributed by atoms with van der Waals surface area (Å²) in [6, 6.07) is 17.9. The Bertz CT molecular complexity index is 431. The normalized spacial score (nSPS) is 12.4. The predicted molar refractivity (Wildman–Crippen MR) is 66.3 cm³/mol. The summed E-state index contributed by atoms with van der Waals surface area (Å²) < 4.78 is 0. The Morgan fingerprint density at radius 2 is 1.44 bits per heavy atom. The molecule has 2 rings (SSSR count). The van der Waals surface area contributed by atoms with Crippen molar-refractivity contribution in [3.05, 3.63) is 71.3 Å². The summed E-state index contributed by atoms with van der Waals surface area (Å²) in [4.78, 5) is 0. The van der Waals surface area contributed by atoms with Crippen LogP contribution in [0.4, 0.5) is 0 Å². The molecule has 2 aromatic carbocycles. The molecule has 1 atom stereocenters. The molecule has 0 saturated heterocycles. The molecule has 0 bridgehead atoms. The van der Waals surface area contributed by atoms with E-state index in [9.17, 15) is 5.11 Å². The smallest absolute Gasteiger partial charge is 0.104 e. The average Bonchev–Trinajstić information content (AvgIpc) is 2.39. The molecule has 0 aliphatic carbocycles. The topological polar surface area (TPSA) is 20.2 Å². The predicted octanol–water partition coefficient (Wildman–Crippen LogP) is 3.33. The summed E-state index contributed by atoms with van der Waals surface area (Å²) in [5, 5.41) is 10.2. The third-order valence-corrected chi connectivity index (χ3v) is 2.82. The van der Waals surface area contributed by atoms with E-state index < -0.39 is 6.10 Å². The Morgan fingerprint density at radius 1 is 0.875 bits per heavy atom. The van der Waals surface area contributed by atoms with Crippen molar-refractivity contribution in [3.8, 4) is 0 Å². The van der Waals surface area contributed by atoms with E-state index in [-0.39, 0.29) is 0 Å². The highest BCUT2D eigenvalue weighted by atomic mass is 16.3. The van der Waals surface area contributed by atoms with E-state index in [4.69, 9.17) is 0 Å². The molecule has 0 amide bonds. The van der Waals surface area contributed by atoms with E-state index in [0.717, 1.165) is 17.5 Å². The number of aliphatic hydroxyl groups is 1. The Balaban J connectivity index is 2.24. The van der Waals surface area contributed by atoms with Crippen LogP contribution in [0.1, 0.15) is 29.7 Å². The van der Waals surface area contributed by atoms with Gasteiger partial charge in [-0.2, -0.15) is 0 Å². The maximum absolute atomic E-state index is 10.2. The molecular formula is C15H16O. The zero-order valence-electron chi connectivity index (χ0n) is 9.43. The van der Waals surface area contributed by atoms with Crippen molar-refractivity contribution in [1.29, 1.82) is 0 Å². The zero-order valence-corrected chi connectivity index (χ0v) is 9.43. The van der Waals surface area contributed by atoms with Crippen LogP contribution in [0, 0.1) is 0 Å². The Kier molecular flexibility index (Phi) is 3.37. The first-order valence-electron chi connectivity index (χ1n) is 5.63. The second kappa shape index (κ2) is 4.95. The molecule has 0 radical (unpaired) electrons. The number of hydrogen-bond acceptors (Lipinski definition) is 1. The summed E-state index contributed by atoms with van der Waals surface area (Å²) in [7, 11) is 0. The highest BCUT2D eigenvalue weighted by Crippen LogP contribution is 2.21. The first-order chi connectivity index (χ1) is 7.81. The average molecular weight is 212 g/mol. The van der Waals surface area contributed by atoms with Gasteiger partial charge in [0, 0.05) is 0 Å². The fourth-order valence-electron chi connectivity index (χ4n) is 1.76. The van der Waals surface area contributed by atoms with Gasteiger partial charge >= 0.3 is 0 Å². The molecule has 0 aromatic heterocycles. The fraction of sp³-hybridized carbons (Fsp3) is 0.200. The van der Waals surface area contributed by atoms with E-state index in [0.29, 0.717) is 0 Å². The number of aryl methyl sites for hydroxylation is 1. The van der Waals surface area contributed by atoms with E-state index in [2.05, 4.69) is 19.1 Å². The van der Waals surface area contributed by atoms with Crippen molar-refractivity contribution in [2.45, 2.75) is 19.4 Å². The van der Waals surface area contributed by atoms with Crippen molar-refractivity contribution in [2.24, 2.45) is 0 Å². The summed E-state index contributed by atoms with van der Waals surface area (Å²) in [6.45, 7) is 2.13. The Morgan fingerprint density at radius 3 is 2.00 bits per heavy atom. The van der Waals surface area contributed by atoms with Crippen LogP contribution in [0.5, 0.6) is 0 Å². The van der Waals surface area contributed by atoms with Gasteiger partial charge in [0.2, 0.25) is 0 Å². The highest BCUT2D eigenvalue weighted by molar-refractivity contribution is 5.31. The lowest BCUT2D eigenvalue weighted by atomic mass is 10.00. The Hall–Kier alpha value is -1.60. The van der Waals surface area contributed by atoms with Gasteiger partial charge in [-0.15, -0.1) is 0 Å². The van der Waals surface area contributed by atoms with Crippen molar-refractivity contribution in [2.75, 3.05) is 0 Å². The van der Waals surface area contributed by atoms with Crippen molar-refractivity contribution in [1.82, 2.24) is 0 Å². The molecule has 0 heterocycles. The van der Waals surface area contributed by atoms with E-state index >= 15 is 0 Å². The summed E-state index contributed by atoms with van der Waals surface area (Å²) in [5.74, 6) is 0. The van der Waals surface area contributed by atoms with Gasteiger partial charge in [0.25, 0.3) is 0 Å². The maximum Gasteiger partial charge on any atom is 0.104 e.